The Morgan fingerprint density at radius 3 is 2.81 bits per heavy atom. The van der Waals surface area contributed by atoms with Crippen LogP contribution in [0, 0.1) is 12.7 Å². The van der Waals surface area contributed by atoms with Crippen LogP contribution in [0.25, 0.3) is 0 Å². The first-order chi connectivity index (χ1) is 9.92. The van der Waals surface area contributed by atoms with E-state index in [2.05, 4.69) is 31.0 Å². The van der Waals surface area contributed by atoms with E-state index in [0.29, 0.717) is 16.0 Å². The normalized spacial score (nSPS) is 10.3. The molecule has 0 saturated carbocycles. The summed E-state index contributed by atoms with van der Waals surface area (Å²) in [6.45, 7) is 1.82. The van der Waals surface area contributed by atoms with Gasteiger partial charge in [0.1, 0.15) is 11.6 Å². The molecular weight excluding hydrogens is 341 g/mol. The molecule has 7 heteroatoms. The van der Waals surface area contributed by atoms with Crippen molar-refractivity contribution in [2.75, 3.05) is 18.2 Å². The van der Waals surface area contributed by atoms with Gasteiger partial charge in [0.15, 0.2) is 0 Å². The van der Waals surface area contributed by atoms with Crippen LogP contribution in [0.2, 0.25) is 0 Å². The Morgan fingerprint density at radius 1 is 1.43 bits per heavy atom. The first-order valence-corrected chi connectivity index (χ1v) is 6.78. The van der Waals surface area contributed by atoms with Gasteiger partial charge in [-0.2, -0.15) is 0 Å². The Kier molecular flexibility index (Phi) is 4.42. The van der Waals surface area contributed by atoms with Gasteiger partial charge < -0.3 is 15.8 Å². The molecular formula is C14H13BrFN3O2. The number of nitrogens with two attached hydrogens (primary N) is 1. The number of aromatic nitrogens is 1. The molecule has 0 unspecified atom stereocenters. The van der Waals surface area contributed by atoms with Crippen molar-refractivity contribution in [2.24, 2.45) is 0 Å². The third-order valence-corrected chi connectivity index (χ3v) is 3.48. The van der Waals surface area contributed by atoms with E-state index in [-0.39, 0.29) is 11.3 Å². The average Bonchev–Trinajstić information content (AvgIpc) is 2.45. The van der Waals surface area contributed by atoms with Gasteiger partial charge >= 0.3 is 5.97 Å². The lowest BCUT2D eigenvalue weighted by atomic mass is 10.2. The summed E-state index contributed by atoms with van der Waals surface area (Å²) < 4.78 is 18.6. The number of methoxy groups -OCH3 is 1. The minimum absolute atomic E-state index is 0.199. The van der Waals surface area contributed by atoms with Crippen LogP contribution in [0.3, 0.4) is 0 Å². The molecule has 1 aromatic carbocycles. The van der Waals surface area contributed by atoms with Crippen LogP contribution in [0.1, 0.15) is 15.9 Å². The van der Waals surface area contributed by atoms with Gasteiger partial charge in [-0.1, -0.05) is 0 Å². The third kappa shape index (κ3) is 3.30. The fraction of sp³-hybridized carbons (Fsp3) is 0.143. The molecule has 3 N–H and O–H groups in total. The predicted octanol–water partition coefficient (Wildman–Crippen LogP) is 3.40. The quantitative estimate of drug-likeness (QED) is 0.826. The van der Waals surface area contributed by atoms with Gasteiger partial charge in [-0.15, -0.1) is 0 Å². The number of rotatable bonds is 3. The highest BCUT2D eigenvalue weighted by atomic mass is 79.9. The van der Waals surface area contributed by atoms with Crippen LogP contribution in [0.5, 0.6) is 0 Å². The zero-order chi connectivity index (χ0) is 15.6. The van der Waals surface area contributed by atoms with E-state index >= 15 is 0 Å². The summed E-state index contributed by atoms with van der Waals surface area (Å²) >= 11 is 3.12. The number of halogens is 2. The van der Waals surface area contributed by atoms with E-state index in [4.69, 9.17) is 5.73 Å². The Labute approximate surface area is 129 Å². The van der Waals surface area contributed by atoms with Crippen LogP contribution in [-0.2, 0) is 4.74 Å². The van der Waals surface area contributed by atoms with Crippen molar-refractivity contribution in [2.45, 2.75) is 6.92 Å². The van der Waals surface area contributed by atoms with Gasteiger partial charge in [0.05, 0.1) is 29.0 Å². The van der Waals surface area contributed by atoms with Gasteiger partial charge in [-0.25, -0.2) is 14.2 Å². The molecule has 0 aliphatic rings. The first-order valence-electron chi connectivity index (χ1n) is 5.99. The molecule has 0 spiro atoms. The van der Waals surface area contributed by atoms with Crippen LogP contribution >= 0.6 is 15.9 Å². The number of benzene rings is 1. The summed E-state index contributed by atoms with van der Waals surface area (Å²) in [5.74, 6) is -0.585. The number of aryl methyl sites for hydroxylation is 1. The molecule has 110 valence electrons. The Bertz CT molecular complexity index is 707. The fourth-order valence-corrected chi connectivity index (χ4v) is 2.20. The number of carbonyl (C=O) groups excluding carboxylic acids is 1. The number of ether oxygens (including phenoxy) is 1. The maximum absolute atomic E-state index is 13.6. The van der Waals surface area contributed by atoms with E-state index in [1.807, 2.05) is 6.92 Å². The van der Waals surface area contributed by atoms with Gasteiger partial charge in [0.2, 0.25) is 0 Å². The molecule has 0 aliphatic carbocycles. The van der Waals surface area contributed by atoms with Gasteiger partial charge in [-0.05, 0) is 46.6 Å². The number of carbonyl (C=O) groups is 1. The highest BCUT2D eigenvalue weighted by Gasteiger charge is 2.13. The van der Waals surface area contributed by atoms with Crippen LogP contribution in [0.15, 0.2) is 28.9 Å². The summed E-state index contributed by atoms with van der Waals surface area (Å²) in [5, 5.41) is 2.95. The van der Waals surface area contributed by atoms with E-state index in [9.17, 15) is 9.18 Å². The lowest BCUT2D eigenvalue weighted by Gasteiger charge is -2.11. The molecule has 0 atom stereocenters. The monoisotopic (exact) mass is 353 g/mol. The van der Waals surface area contributed by atoms with Crippen molar-refractivity contribution in [3.63, 3.8) is 0 Å². The summed E-state index contributed by atoms with van der Waals surface area (Å²) in [6, 6.07) is 4.45. The molecule has 21 heavy (non-hydrogen) atoms. The van der Waals surface area contributed by atoms with Crippen molar-refractivity contribution >= 4 is 39.1 Å². The number of nitrogens with zero attached hydrogens (tertiary/aromatic N) is 1. The molecule has 5 nitrogen and oxygen atoms in total. The molecule has 0 fully saturated rings. The zero-order valence-corrected chi connectivity index (χ0v) is 13.0. The third-order valence-electron chi connectivity index (χ3n) is 2.87. The van der Waals surface area contributed by atoms with Crippen molar-refractivity contribution < 1.29 is 13.9 Å². The Hall–Kier alpha value is -2.15. The van der Waals surface area contributed by atoms with E-state index in [0.717, 1.165) is 5.56 Å². The second-order valence-electron chi connectivity index (χ2n) is 4.35. The number of nitrogens with one attached hydrogen (secondary N) is 1. The molecule has 2 aromatic rings. The maximum atomic E-state index is 13.6. The summed E-state index contributed by atoms with van der Waals surface area (Å²) in [5.41, 5.74) is 7.46. The highest BCUT2D eigenvalue weighted by molar-refractivity contribution is 9.10. The second kappa shape index (κ2) is 6.09. The van der Waals surface area contributed by atoms with Crippen LogP contribution in [-0.4, -0.2) is 18.1 Å². The first kappa shape index (κ1) is 15.2. The standard InChI is InChI=1S/C14H13BrFN3O2/c1-7-3-9(15)10(16)5-12(7)19-13-4-8(14(20)21-2)11(17)6-18-13/h3-6H,17H2,1-2H3,(H,18,19). The molecule has 1 aromatic heterocycles. The minimum atomic E-state index is -0.559. The lowest BCUT2D eigenvalue weighted by molar-refractivity contribution is 0.0602. The summed E-state index contributed by atoms with van der Waals surface area (Å²) in [6.07, 6.45) is 1.35. The zero-order valence-electron chi connectivity index (χ0n) is 11.4. The molecule has 0 radical (unpaired) electrons. The number of hydrogen-bond donors (Lipinski definition) is 2. The topological polar surface area (TPSA) is 77.2 Å². The predicted molar refractivity (Wildman–Crippen MR) is 82.1 cm³/mol. The minimum Gasteiger partial charge on any atom is -0.465 e. The molecule has 0 aliphatic heterocycles. The largest absolute Gasteiger partial charge is 0.465 e. The van der Waals surface area contributed by atoms with E-state index < -0.39 is 11.8 Å². The Morgan fingerprint density at radius 2 is 2.14 bits per heavy atom. The summed E-state index contributed by atoms with van der Waals surface area (Å²) in [4.78, 5) is 15.6. The number of hydrogen-bond acceptors (Lipinski definition) is 5. The summed E-state index contributed by atoms with van der Waals surface area (Å²) in [7, 11) is 1.27. The number of anilines is 3. The van der Waals surface area contributed by atoms with Crippen molar-refractivity contribution in [3.8, 4) is 0 Å². The smallest absolute Gasteiger partial charge is 0.340 e. The SMILES string of the molecule is COC(=O)c1cc(Nc2cc(F)c(Br)cc2C)ncc1N. The van der Waals surface area contributed by atoms with Crippen LogP contribution < -0.4 is 11.1 Å². The van der Waals surface area contributed by atoms with Crippen molar-refractivity contribution in [1.29, 1.82) is 0 Å². The highest BCUT2D eigenvalue weighted by Crippen LogP contribution is 2.27. The molecule has 2 rings (SSSR count). The Balaban J connectivity index is 2.36. The fourth-order valence-electron chi connectivity index (χ4n) is 1.74. The second-order valence-corrected chi connectivity index (χ2v) is 5.21. The van der Waals surface area contributed by atoms with E-state index in [1.165, 1.54) is 25.4 Å². The number of pyridine rings is 1. The molecule has 0 bridgehead atoms. The number of esters is 1. The van der Waals surface area contributed by atoms with Gasteiger partial charge in [-0.3, -0.25) is 0 Å². The van der Waals surface area contributed by atoms with E-state index in [1.54, 1.807) is 6.07 Å². The van der Waals surface area contributed by atoms with Crippen LogP contribution in [0.4, 0.5) is 21.6 Å². The maximum Gasteiger partial charge on any atom is 0.340 e. The molecule has 0 saturated heterocycles. The molecule has 1 heterocycles. The van der Waals surface area contributed by atoms with Crippen molar-refractivity contribution in [1.82, 2.24) is 4.98 Å². The van der Waals surface area contributed by atoms with Gasteiger partial charge in [0, 0.05) is 5.69 Å². The molecule has 0 amide bonds. The number of nitrogen functional groups attached to an aromatic ring is 1. The lowest BCUT2D eigenvalue weighted by Crippen LogP contribution is -2.07. The van der Waals surface area contributed by atoms with Gasteiger partial charge in [0.25, 0.3) is 0 Å². The average molecular weight is 354 g/mol. The van der Waals surface area contributed by atoms with Crippen molar-refractivity contribution in [3.05, 3.63) is 45.8 Å².